The lowest BCUT2D eigenvalue weighted by Gasteiger charge is -2.19. The highest BCUT2D eigenvalue weighted by Crippen LogP contribution is 2.32. The number of hydrogen-bond acceptors (Lipinski definition) is 0. The summed E-state index contributed by atoms with van der Waals surface area (Å²) in [5.41, 5.74) is 9.91. The molecule has 1 aromatic heterocycles. The van der Waals surface area contributed by atoms with E-state index < -0.39 is 0 Å². The smallest absolute Gasteiger partial charge is 0.190 e. The van der Waals surface area contributed by atoms with Crippen molar-refractivity contribution in [3.05, 3.63) is 175 Å². The number of aromatic nitrogens is 1. The maximum atomic E-state index is 2.52. The van der Waals surface area contributed by atoms with Gasteiger partial charge in [-0.25, -0.2) is 0 Å². The molecule has 1 nitrogen and oxygen atoms in total. The third-order valence-electron chi connectivity index (χ3n) is 7.18. The van der Waals surface area contributed by atoms with E-state index in [4.69, 9.17) is 0 Å². The monoisotopic (exact) mass is 488 g/mol. The second-order valence-corrected chi connectivity index (χ2v) is 9.60. The highest BCUT2D eigenvalue weighted by atomic mass is 15.0. The van der Waals surface area contributed by atoms with Crippen LogP contribution in [0.25, 0.3) is 33.6 Å². The Labute approximate surface area is 225 Å². The van der Waals surface area contributed by atoms with E-state index in [1.165, 1.54) is 44.8 Å². The van der Waals surface area contributed by atoms with Gasteiger partial charge in [0.2, 0.25) is 11.4 Å². The van der Waals surface area contributed by atoms with Crippen LogP contribution in [0.2, 0.25) is 0 Å². The Kier molecular flexibility index (Phi) is 6.91. The second-order valence-electron chi connectivity index (χ2n) is 9.60. The van der Waals surface area contributed by atoms with E-state index in [0.717, 1.165) is 6.54 Å². The van der Waals surface area contributed by atoms with Crippen LogP contribution in [0, 0.1) is 0 Å². The maximum Gasteiger partial charge on any atom is 0.213 e. The van der Waals surface area contributed by atoms with Crippen LogP contribution in [0.15, 0.2) is 164 Å². The zero-order valence-corrected chi connectivity index (χ0v) is 21.3. The molecule has 0 N–H and O–H groups in total. The summed E-state index contributed by atoms with van der Waals surface area (Å²) in [5.74, 6) is 0.204. The van der Waals surface area contributed by atoms with Crippen LogP contribution < -0.4 is 4.57 Å². The van der Waals surface area contributed by atoms with Crippen molar-refractivity contribution in [3.8, 4) is 33.6 Å². The fourth-order valence-electron chi connectivity index (χ4n) is 5.27. The SMILES string of the molecule is c1ccc(-c2cc(-c3ccccc3)[n+](CC(c3ccccc3)c3ccccc3)c(-c3ccccc3)c2)cc1. The summed E-state index contributed by atoms with van der Waals surface area (Å²) in [6, 6.07) is 58.7. The Bertz CT molecular complexity index is 1490. The molecule has 0 saturated carbocycles. The van der Waals surface area contributed by atoms with Crippen LogP contribution in [-0.2, 0) is 6.54 Å². The summed E-state index contributed by atoms with van der Waals surface area (Å²) in [6.45, 7) is 0.817. The first-order valence-corrected chi connectivity index (χ1v) is 13.2. The molecule has 0 atom stereocenters. The Hall–Kier alpha value is -4.75. The molecule has 0 aliphatic heterocycles. The molecule has 0 aliphatic rings. The van der Waals surface area contributed by atoms with Crippen LogP contribution >= 0.6 is 0 Å². The lowest BCUT2D eigenvalue weighted by Crippen LogP contribution is -2.42. The highest BCUT2D eigenvalue weighted by molar-refractivity contribution is 5.73. The Morgan fingerprint density at radius 3 is 1.11 bits per heavy atom. The molecular formula is C37H30N+. The first-order chi connectivity index (χ1) is 18.9. The molecule has 6 aromatic rings. The van der Waals surface area contributed by atoms with Crippen molar-refractivity contribution in [2.24, 2.45) is 0 Å². The van der Waals surface area contributed by atoms with Gasteiger partial charge in [-0.2, -0.15) is 4.57 Å². The van der Waals surface area contributed by atoms with Crippen molar-refractivity contribution in [3.63, 3.8) is 0 Å². The number of hydrogen-bond donors (Lipinski definition) is 0. The molecule has 0 fully saturated rings. The minimum atomic E-state index is 0.204. The summed E-state index contributed by atoms with van der Waals surface area (Å²) >= 11 is 0. The summed E-state index contributed by atoms with van der Waals surface area (Å²) in [6.07, 6.45) is 0. The van der Waals surface area contributed by atoms with E-state index >= 15 is 0 Å². The van der Waals surface area contributed by atoms with Gasteiger partial charge in [0.05, 0.1) is 5.92 Å². The first kappa shape index (κ1) is 23.6. The van der Waals surface area contributed by atoms with Gasteiger partial charge < -0.3 is 0 Å². The van der Waals surface area contributed by atoms with Crippen molar-refractivity contribution in [2.45, 2.75) is 12.5 Å². The molecule has 0 aliphatic carbocycles. The maximum absolute atomic E-state index is 2.52. The van der Waals surface area contributed by atoms with Crippen molar-refractivity contribution < 1.29 is 4.57 Å². The lowest BCUT2D eigenvalue weighted by molar-refractivity contribution is -0.677. The third kappa shape index (κ3) is 5.05. The average molecular weight is 489 g/mol. The minimum absolute atomic E-state index is 0.204. The molecule has 0 unspecified atom stereocenters. The largest absolute Gasteiger partial charge is 0.213 e. The lowest BCUT2D eigenvalue weighted by atomic mass is 9.90. The van der Waals surface area contributed by atoms with Crippen LogP contribution in [0.3, 0.4) is 0 Å². The van der Waals surface area contributed by atoms with Crippen molar-refractivity contribution in [1.82, 2.24) is 0 Å². The van der Waals surface area contributed by atoms with Gasteiger partial charge in [-0.3, -0.25) is 0 Å². The Morgan fingerprint density at radius 1 is 0.368 bits per heavy atom. The molecule has 38 heavy (non-hydrogen) atoms. The number of benzene rings is 5. The normalized spacial score (nSPS) is 11.0. The van der Waals surface area contributed by atoms with Gasteiger partial charge in [-0.1, -0.05) is 127 Å². The molecule has 6 rings (SSSR count). The van der Waals surface area contributed by atoms with Gasteiger partial charge in [0.25, 0.3) is 0 Å². The standard InChI is InChI=1S/C37H30N/c1-6-16-29(17-7-1)34-26-36(32-22-12-4-13-23-32)38(37(27-34)33-24-14-5-15-25-33)28-35(30-18-8-2-9-19-30)31-20-10-3-11-21-31/h1-27,35H,28H2/q+1. The molecule has 0 bridgehead atoms. The predicted octanol–water partition coefficient (Wildman–Crippen LogP) is 8.81. The van der Waals surface area contributed by atoms with Gasteiger partial charge in [0, 0.05) is 23.3 Å². The third-order valence-corrected chi connectivity index (χ3v) is 7.18. The van der Waals surface area contributed by atoms with Gasteiger partial charge in [-0.15, -0.1) is 0 Å². The van der Waals surface area contributed by atoms with E-state index in [1.54, 1.807) is 0 Å². The molecule has 5 aromatic carbocycles. The summed E-state index contributed by atoms with van der Waals surface area (Å²) in [7, 11) is 0. The molecule has 1 heteroatoms. The fraction of sp³-hybridized carbons (Fsp3) is 0.0541. The quantitative estimate of drug-likeness (QED) is 0.198. The number of nitrogens with zero attached hydrogens (tertiary/aromatic N) is 1. The molecule has 0 amide bonds. The summed E-state index contributed by atoms with van der Waals surface area (Å²) < 4.78 is 2.52. The fourth-order valence-corrected chi connectivity index (χ4v) is 5.27. The van der Waals surface area contributed by atoms with E-state index in [-0.39, 0.29) is 5.92 Å². The second kappa shape index (κ2) is 11.1. The topological polar surface area (TPSA) is 3.88 Å². The molecule has 0 spiro atoms. The van der Waals surface area contributed by atoms with Crippen molar-refractivity contribution in [2.75, 3.05) is 0 Å². The van der Waals surface area contributed by atoms with E-state index in [2.05, 4.69) is 168 Å². The van der Waals surface area contributed by atoms with Crippen LogP contribution in [0.5, 0.6) is 0 Å². The summed E-state index contributed by atoms with van der Waals surface area (Å²) in [5, 5.41) is 0. The summed E-state index contributed by atoms with van der Waals surface area (Å²) in [4.78, 5) is 0. The number of pyridine rings is 1. The predicted molar refractivity (Wildman–Crippen MR) is 158 cm³/mol. The van der Waals surface area contributed by atoms with Crippen LogP contribution in [0.4, 0.5) is 0 Å². The zero-order valence-electron chi connectivity index (χ0n) is 21.3. The molecule has 182 valence electrons. The molecule has 0 saturated heterocycles. The van der Waals surface area contributed by atoms with Crippen molar-refractivity contribution in [1.29, 1.82) is 0 Å². The number of rotatable bonds is 7. The van der Waals surface area contributed by atoms with Crippen LogP contribution in [-0.4, -0.2) is 0 Å². The van der Waals surface area contributed by atoms with Gasteiger partial charge in [0.1, 0.15) is 0 Å². The molecule has 1 heterocycles. The Morgan fingerprint density at radius 2 is 0.711 bits per heavy atom. The zero-order chi connectivity index (χ0) is 25.6. The van der Waals surface area contributed by atoms with E-state index in [1.807, 2.05) is 0 Å². The van der Waals surface area contributed by atoms with Gasteiger partial charge in [0.15, 0.2) is 6.54 Å². The van der Waals surface area contributed by atoms with Crippen LogP contribution in [0.1, 0.15) is 17.0 Å². The first-order valence-electron chi connectivity index (χ1n) is 13.2. The van der Waals surface area contributed by atoms with Gasteiger partial charge in [-0.05, 0) is 46.5 Å². The van der Waals surface area contributed by atoms with E-state index in [9.17, 15) is 0 Å². The van der Waals surface area contributed by atoms with Crippen molar-refractivity contribution >= 4 is 0 Å². The molecular weight excluding hydrogens is 458 g/mol. The minimum Gasteiger partial charge on any atom is -0.190 e. The van der Waals surface area contributed by atoms with Gasteiger partial charge >= 0.3 is 0 Å². The highest BCUT2D eigenvalue weighted by Gasteiger charge is 2.27. The van der Waals surface area contributed by atoms with E-state index in [0.29, 0.717) is 0 Å². The Balaban J connectivity index is 1.61. The average Bonchev–Trinajstić information content (AvgIpc) is 3.02. The molecule has 0 radical (unpaired) electrons.